The lowest BCUT2D eigenvalue weighted by Crippen LogP contribution is -2.46. The molecule has 210 valence electrons. The lowest BCUT2D eigenvalue weighted by Gasteiger charge is -2.30. The van der Waals surface area contributed by atoms with Crippen LogP contribution in [0.5, 0.6) is 5.75 Å². The standard InChI is InChI=1S/C28H42N4O6/c1-3-4-10-30(11-5-15-33)25(34)19-32-18-22(20-6-7-24-21(17-20)9-16-38-24)26(27(35)36)23(32)8-12-31-14-13-29(2)28(31)37/h6-7,17,22-23,26,33H,3-5,8-16,18-19H2,1-2H3,(H,35,36)/t22-,23+,26?/m1/s1. The maximum atomic E-state index is 13.5. The van der Waals surface area contributed by atoms with Crippen LogP contribution in [0.15, 0.2) is 18.2 Å². The van der Waals surface area contributed by atoms with E-state index in [0.29, 0.717) is 58.7 Å². The molecule has 2 fully saturated rings. The summed E-state index contributed by atoms with van der Waals surface area (Å²) in [5.74, 6) is -1.02. The predicted octanol–water partition coefficient (Wildman–Crippen LogP) is 1.86. The number of carboxylic acids is 1. The summed E-state index contributed by atoms with van der Waals surface area (Å²) in [6.07, 6.45) is 3.64. The average Bonchev–Trinajstić information content (AvgIpc) is 3.60. The second-order valence-corrected chi connectivity index (χ2v) is 10.7. The van der Waals surface area contributed by atoms with Gasteiger partial charge in [0.15, 0.2) is 0 Å². The molecule has 3 aliphatic heterocycles. The van der Waals surface area contributed by atoms with E-state index in [2.05, 4.69) is 13.0 Å². The van der Waals surface area contributed by atoms with Crippen LogP contribution in [0, 0.1) is 5.92 Å². The molecule has 4 rings (SSSR count). The number of carbonyl (C=O) groups excluding carboxylic acids is 2. The normalized spacial score (nSPS) is 23.1. The molecular formula is C28H42N4O6. The molecule has 0 radical (unpaired) electrons. The van der Waals surface area contributed by atoms with E-state index in [9.17, 15) is 24.6 Å². The highest BCUT2D eigenvalue weighted by Crippen LogP contribution is 2.41. The van der Waals surface area contributed by atoms with Gasteiger partial charge >= 0.3 is 12.0 Å². The highest BCUT2D eigenvalue weighted by molar-refractivity contribution is 5.79. The summed E-state index contributed by atoms with van der Waals surface area (Å²) >= 11 is 0. The first kappa shape index (κ1) is 28.2. The number of unbranched alkanes of at least 4 members (excludes halogenated alkanes) is 1. The van der Waals surface area contributed by atoms with Gasteiger partial charge in [-0.15, -0.1) is 0 Å². The average molecular weight is 531 g/mol. The number of fused-ring (bicyclic) bond motifs is 1. The number of benzene rings is 1. The fraction of sp³-hybridized carbons (Fsp3) is 0.679. The van der Waals surface area contributed by atoms with Gasteiger partial charge in [0.05, 0.1) is 19.1 Å². The zero-order chi connectivity index (χ0) is 27.2. The van der Waals surface area contributed by atoms with Gasteiger partial charge in [0.25, 0.3) is 0 Å². The van der Waals surface area contributed by atoms with Crippen LogP contribution >= 0.6 is 0 Å². The summed E-state index contributed by atoms with van der Waals surface area (Å²) in [5, 5.41) is 19.8. The molecule has 0 spiro atoms. The Bertz CT molecular complexity index is 996. The number of aliphatic hydroxyl groups is 1. The minimum absolute atomic E-state index is 0.0196. The highest BCUT2D eigenvalue weighted by atomic mass is 16.5. The first-order valence-corrected chi connectivity index (χ1v) is 13.9. The van der Waals surface area contributed by atoms with Gasteiger partial charge in [-0.25, -0.2) is 4.79 Å². The van der Waals surface area contributed by atoms with Crippen molar-refractivity contribution in [2.75, 3.05) is 66.1 Å². The molecule has 0 bridgehead atoms. The number of urea groups is 1. The van der Waals surface area contributed by atoms with Crippen molar-refractivity contribution >= 4 is 17.9 Å². The number of hydrogen-bond acceptors (Lipinski definition) is 6. The molecule has 3 amide bonds. The van der Waals surface area contributed by atoms with E-state index >= 15 is 0 Å². The van der Waals surface area contributed by atoms with Crippen molar-refractivity contribution < 1.29 is 29.3 Å². The molecule has 1 aromatic rings. The molecule has 38 heavy (non-hydrogen) atoms. The van der Waals surface area contributed by atoms with E-state index in [1.807, 2.05) is 17.0 Å². The van der Waals surface area contributed by atoms with Crippen LogP contribution in [0.25, 0.3) is 0 Å². The molecule has 0 aromatic heterocycles. The maximum absolute atomic E-state index is 13.5. The molecule has 3 atom stereocenters. The number of carbonyl (C=O) groups is 3. The Kier molecular flexibility index (Phi) is 9.49. The zero-order valence-corrected chi connectivity index (χ0v) is 22.7. The first-order chi connectivity index (χ1) is 18.3. The molecule has 2 saturated heterocycles. The molecule has 2 N–H and O–H groups in total. The molecule has 0 saturated carbocycles. The van der Waals surface area contributed by atoms with Crippen molar-refractivity contribution in [1.82, 2.24) is 19.6 Å². The molecule has 10 heteroatoms. The minimum atomic E-state index is -0.875. The van der Waals surface area contributed by atoms with Gasteiger partial charge < -0.3 is 29.6 Å². The third kappa shape index (κ3) is 6.23. The van der Waals surface area contributed by atoms with Crippen LogP contribution in [0.1, 0.15) is 49.7 Å². The number of aliphatic carboxylic acids is 1. The number of nitrogens with zero attached hydrogens (tertiary/aromatic N) is 4. The summed E-state index contributed by atoms with van der Waals surface area (Å²) < 4.78 is 5.65. The fourth-order valence-corrected chi connectivity index (χ4v) is 6.07. The van der Waals surface area contributed by atoms with Gasteiger partial charge in [0.1, 0.15) is 5.75 Å². The Labute approximate surface area is 225 Å². The second kappa shape index (κ2) is 12.8. The number of ether oxygens (including phenoxy) is 1. The summed E-state index contributed by atoms with van der Waals surface area (Å²) in [7, 11) is 1.77. The molecule has 0 aliphatic carbocycles. The Balaban J connectivity index is 1.57. The number of amides is 3. The minimum Gasteiger partial charge on any atom is -0.493 e. The monoisotopic (exact) mass is 530 g/mol. The lowest BCUT2D eigenvalue weighted by atomic mass is 9.83. The Morgan fingerprint density at radius 2 is 1.97 bits per heavy atom. The number of aliphatic hydroxyl groups excluding tert-OH is 1. The summed E-state index contributed by atoms with van der Waals surface area (Å²) in [5.41, 5.74) is 2.06. The lowest BCUT2D eigenvalue weighted by molar-refractivity contribution is -0.144. The van der Waals surface area contributed by atoms with Crippen LogP contribution in [-0.2, 0) is 16.0 Å². The van der Waals surface area contributed by atoms with Gasteiger partial charge in [-0.1, -0.05) is 25.5 Å². The molecule has 3 aliphatic rings. The Morgan fingerprint density at radius 3 is 2.66 bits per heavy atom. The van der Waals surface area contributed by atoms with Crippen molar-refractivity contribution in [1.29, 1.82) is 0 Å². The predicted molar refractivity (Wildman–Crippen MR) is 142 cm³/mol. The van der Waals surface area contributed by atoms with Gasteiger partial charge in [0.2, 0.25) is 5.91 Å². The van der Waals surface area contributed by atoms with Crippen molar-refractivity contribution in [2.45, 2.75) is 51.0 Å². The zero-order valence-electron chi connectivity index (χ0n) is 22.7. The molecular weight excluding hydrogens is 488 g/mol. The van der Waals surface area contributed by atoms with E-state index in [1.54, 1.807) is 21.7 Å². The maximum Gasteiger partial charge on any atom is 0.319 e. The number of rotatable bonds is 13. The van der Waals surface area contributed by atoms with E-state index in [-0.39, 0.29) is 37.0 Å². The largest absolute Gasteiger partial charge is 0.493 e. The Morgan fingerprint density at radius 1 is 1.18 bits per heavy atom. The third-order valence-electron chi connectivity index (χ3n) is 8.23. The topological polar surface area (TPSA) is 114 Å². The molecule has 1 unspecified atom stereocenters. The number of likely N-dealkylation sites (tertiary alicyclic amines) is 1. The van der Waals surface area contributed by atoms with E-state index in [0.717, 1.165) is 36.1 Å². The molecule has 3 heterocycles. The molecule has 1 aromatic carbocycles. The first-order valence-electron chi connectivity index (χ1n) is 13.9. The smallest absolute Gasteiger partial charge is 0.319 e. The fourth-order valence-electron chi connectivity index (χ4n) is 6.07. The second-order valence-electron chi connectivity index (χ2n) is 10.7. The number of carboxylic acid groups (broad SMARTS) is 1. The van der Waals surface area contributed by atoms with Crippen LogP contribution < -0.4 is 4.74 Å². The summed E-state index contributed by atoms with van der Waals surface area (Å²) in [6.45, 7) is 6.16. The van der Waals surface area contributed by atoms with Crippen molar-refractivity contribution in [3.05, 3.63) is 29.3 Å². The van der Waals surface area contributed by atoms with Crippen LogP contribution in [0.4, 0.5) is 4.79 Å². The van der Waals surface area contributed by atoms with Crippen molar-refractivity contribution in [2.24, 2.45) is 5.92 Å². The van der Waals surface area contributed by atoms with E-state index < -0.39 is 11.9 Å². The SMILES string of the molecule is CCCCN(CCCO)C(=O)CN1C[C@H](c2ccc3c(c2)CCO3)C(C(=O)O)[C@@H]1CCN1CCN(C)C1=O. The van der Waals surface area contributed by atoms with Crippen LogP contribution in [-0.4, -0.2) is 120 Å². The van der Waals surface area contributed by atoms with Crippen molar-refractivity contribution in [3.63, 3.8) is 0 Å². The van der Waals surface area contributed by atoms with Crippen LogP contribution in [0.3, 0.4) is 0 Å². The van der Waals surface area contributed by atoms with Gasteiger partial charge in [-0.2, -0.15) is 0 Å². The van der Waals surface area contributed by atoms with Gasteiger partial charge in [-0.3, -0.25) is 14.5 Å². The Hall–Kier alpha value is -2.85. The van der Waals surface area contributed by atoms with Crippen molar-refractivity contribution in [3.8, 4) is 5.75 Å². The summed E-state index contributed by atoms with van der Waals surface area (Å²) in [6, 6.07) is 5.54. The van der Waals surface area contributed by atoms with Gasteiger partial charge in [-0.05, 0) is 36.5 Å². The highest BCUT2D eigenvalue weighted by Gasteiger charge is 2.47. The number of hydrogen-bond donors (Lipinski definition) is 2. The molecule has 10 nitrogen and oxygen atoms in total. The summed E-state index contributed by atoms with van der Waals surface area (Å²) in [4.78, 5) is 45.9. The van der Waals surface area contributed by atoms with E-state index in [1.165, 1.54) is 0 Å². The van der Waals surface area contributed by atoms with E-state index in [4.69, 9.17) is 4.74 Å². The third-order valence-corrected chi connectivity index (χ3v) is 8.23. The van der Waals surface area contributed by atoms with Gasteiger partial charge in [0, 0.05) is 71.3 Å². The quantitative estimate of drug-likeness (QED) is 0.400. The number of likely N-dealkylation sites (N-methyl/N-ethyl adjacent to an activating group) is 1. The van der Waals surface area contributed by atoms with Crippen LogP contribution in [0.2, 0.25) is 0 Å².